The van der Waals surface area contributed by atoms with Gasteiger partial charge in [-0.05, 0) is 18.6 Å². The molecule has 1 rings (SSSR count). The fraction of sp³-hybridized carbons (Fsp3) is 0.500. The molecule has 0 saturated carbocycles. The first-order valence-electron chi connectivity index (χ1n) is 4.90. The number of halogens is 3. The van der Waals surface area contributed by atoms with Crippen molar-refractivity contribution < 1.29 is 13.2 Å². The maximum Gasteiger partial charge on any atom is 0.416 e. The predicted octanol–water partition coefficient (Wildman–Crippen LogP) is 2.53. The summed E-state index contributed by atoms with van der Waals surface area (Å²) in [6.45, 7) is 2.57. The van der Waals surface area contributed by atoms with Gasteiger partial charge in [0.05, 0.1) is 5.56 Å². The van der Waals surface area contributed by atoms with Gasteiger partial charge in [0, 0.05) is 13.6 Å². The highest BCUT2D eigenvalue weighted by Gasteiger charge is 2.31. The Bertz CT molecular complexity index is 363. The molecule has 16 heavy (non-hydrogen) atoms. The van der Waals surface area contributed by atoms with Gasteiger partial charge in [-0.15, -0.1) is 0 Å². The molecule has 3 nitrogen and oxygen atoms in total. The largest absolute Gasteiger partial charge is 0.416 e. The molecule has 90 valence electrons. The number of nitrogens with zero attached hydrogens (tertiary/aromatic N) is 2. The molecule has 0 radical (unpaired) electrons. The lowest BCUT2D eigenvalue weighted by molar-refractivity contribution is -0.137. The second kappa shape index (κ2) is 4.59. The Kier molecular flexibility index (Phi) is 3.62. The van der Waals surface area contributed by atoms with Crippen LogP contribution >= 0.6 is 0 Å². The summed E-state index contributed by atoms with van der Waals surface area (Å²) in [4.78, 5) is 5.51. The highest BCUT2D eigenvalue weighted by molar-refractivity contribution is 5.48. The average Bonchev–Trinajstić information content (AvgIpc) is 2.16. The van der Waals surface area contributed by atoms with Gasteiger partial charge in [0.2, 0.25) is 0 Å². The molecule has 0 aromatic carbocycles. The quantitative estimate of drug-likeness (QED) is 0.872. The van der Waals surface area contributed by atoms with E-state index in [4.69, 9.17) is 5.73 Å². The van der Waals surface area contributed by atoms with E-state index in [0.29, 0.717) is 6.54 Å². The van der Waals surface area contributed by atoms with E-state index in [2.05, 4.69) is 4.98 Å². The van der Waals surface area contributed by atoms with Crippen LogP contribution < -0.4 is 10.6 Å². The van der Waals surface area contributed by atoms with Gasteiger partial charge >= 0.3 is 6.18 Å². The monoisotopic (exact) mass is 233 g/mol. The molecular weight excluding hydrogens is 219 g/mol. The van der Waals surface area contributed by atoms with E-state index in [-0.39, 0.29) is 11.6 Å². The molecule has 0 spiro atoms. The second-order valence-corrected chi connectivity index (χ2v) is 3.56. The molecule has 0 amide bonds. The number of nitrogens with two attached hydrogens (primary N) is 1. The Morgan fingerprint density at radius 3 is 2.50 bits per heavy atom. The van der Waals surface area contributed by atoms with Crippen LogP contribution in [0.4, 0.5) is 24.8 Å². The first-order chi connectivity index (χ1) is 7.34. The Hall–Kier alpha value is -1.46. The van der Waals surface area contributed by atoms with Crippen LogP contribution in [0, 0.1) is 0 Å². The van der Waals surface area contributed by atoms with Crippen molar-refractivity contribution in [3.8, 4) is 0 Å². The van der Waals surface area contributed by atoms with Crippen LogP contribution in [0.15, 0.2) is 12.1 Å². The Balaban J connectivity index is 3.08. The van der Waals surface area contributed by atoms with Crippen LogP contribution in [0.2, 0.25) is 0 Å². The predicted molar refractivity (Wildman–Crippen MR) is 57.2 cm³/mol. The van der Waals surface area contributed by atoms with Crippen LogP contribution in [0.25, 0.3) is 0 Å². The van der Waals surface area contributed by atoms with E-state index in [1.807, 2.05) is 6.92 Å². The summed E-state index contributed by atoms with van der Waals surface area (Å²) in [6.07, 6.45) is -3.56. The highest BCUT2D eigenvalue weighted by Crippen LogP contribution is 2.32. The fourth-order valence-electron chi connectivity index (χ4n) is 1.35. The zero-order valence-corrected chi connectivity index (χ0v) is 9.17. The molecule has 0 bridgehead atoms. The van der Waals surface area contributed by atoms with Gasteiger partial charge in [0.25, 0.3) is 0 Å². The molecule has 6 heteroatoms. The molecule has 1 aromatic rings. The molecule has 0 aliphatic carbocycles. The lowest BCUT2D eigenvalue weighted by atomic mass is 10.2. The number of rotatable bonds is 3. The molecule has 0 unspecified atom stereocenters. The van der Waals surface area contributed by atoms with Crippen LogP contribution in [0.1, 0.15) is 18.9 Å². The molecule has 0 atom stereocenters. The van der Waals surface area contributed by atoms with E-state index in [1.54, 1.807) is 11.9 Å². The SMILES string of the molecule is CCCN(C)c1cc(C(F)(F)F)cc(N)n1. The second-order valence-electron chi connectivity index (χ2n) is 3.56. The number of hydrogen-bond acceptors (Lipinski definition) is 3. The fourth-order valence-corrected chi connectivity index (χ4v) is 1.35. The van der Waals surface area contributed by atoms with E-state index in [0.717, 1.165) is 18.6 Å². The number of nitrogen functional groups attached to an aromatic ring is 1. The third-order valence-corrected chi connectivity index (χ3v) is 2.11. The normalized spacial score (nSPS) is 11.6. The minimum atomic E-state index is -4.39. The van der Waals surface area contributed by atoms with Crippen molar-refractivity contribution in [2.24, 2.45) is 0 Å². The van der Waals surface area contributed by atoms with Crippen molar-refractivity contribution in [3.05, 3.63) is 17.7 Å². The standard InChI is InChI=1S/C10H14F3N3/c1-3-4-16(2)9-6-7(10(11,12)13)5-8(14)15-9/h5-6H,3-4H2,1-2H3,(H2,14,15). The molecule has 0 saturated heterocycles. The summed E-state index contributed by atoms with van der Waals surface area (Å²) < 4.78 is 37.5. The summed E-state index contributed by atoms with van der Waals surface area (Å²) in [5, 5.41) is 0. The minimum Gasteiger partial charge on any atom is -0.384 e. The van der Waals surface area contributed by atoms with Crippen molar-refractivity contribution in [1.82, 2.24) is 4.98 Å². The van der Waals surface area contributed by atoms with Gasteiger partial charge in [-0.3, -0.25) is 0 Å². The Morgan fingerprint density at radius 1 is 1.38 bits per heavy atom. The molecule has 0 fully saturated rings. The molecule has 0 aliphatic heterocycles. The number of pyridine rings is 1. The lowest BCUT2D eigenvalue weighted by Gasteiger charge is -2.19. The lowest BCUT2D eigenvalue weighted by Crippen LogP contribution is -2.20. The van der Waals surface area contributed by atoms with E-state index in [1.165, 1.54) is 0 Å². The Labute approximate surface area is 92.1 Å². The zero-order chi connectivity index (χ0) is 12.3. The summed E-state index contributed by atoms with van der Waals surface area (Å²) in [7, 11) is 1.69. The molecule has 0 aliphatic rings. The van der Waals surface area contributed by atoms with Crippen molar-refractivity contribution >= 4 is 11.6 Å². The maximum atomic E-state index is 12.5. The van der Waals surface area contributed by atoms with Gasteiger partial charge in [0.1, 0.15) is 11.6 Å². The highest BCUT2D eigenvalue weighted by atomic mass is 19.4. The Morgan fingerprint density at radius 2 is 2.00 bits per heavy atom. The maximum absolute atomic E-state index is 12.5. The van der Waals surface area contributed by atoms with Gasteiger partial charge in [-0.2, -0.15) is 13.2 Å². The molecular formula is C10H14F3N3. The van der Waals surface area contributed by atoms with Crippen LogP contribution in [0.3, 0.4) is 0 Å². The van der Waals surface area contributed by atoms with Gasteiger partial charge in [-0.25, -0.2) is 4.98 Å². The topological polar surface area (TPSA) is 42.1 Å². The minimum absolute atomic E-state index is 0.118. The van der Waals surface area contributed by atoms with Crippen molar-refractivity contribution in [3.63, 3.8) is 0 Å². The number of alkyl halides is 3. The molecule has 1 aromatic heterocycles. The van der Waals surface area contributed by atoms with Crippen molar-refractivity contribution in [2.45, 2.75) is 19.5 Å². The zero-order valence-electron chi connectivity index (χ0n) is 9.17. The van der Waals surface area contributed by atoms with Gasteiger partial charge in [-0.1, -0.05) is 6.92 Å². The number of aromatic nitrogens is 1. The van der Waals surface area contributed by atoms with Crippen molar-refractivity contribution in [2.75, 3.05) is 24.2 Å². The first-order valence-corrected chi connectivity index (χ1v) is 4.90. The van der Waals surface area contributed by atoms with Gasteiger partial charge in [0.15, 0.2) is 0 Å². The van der Waals surface area contributed by atoms with Gasteiger partial charge < -0.3 is 10.6 Å². The third kappa shape index (κ3) is 3.01. The smallest absolute Gasteiger partial charge is 0.384 e. The molecule has 1 heterocycles. The van der Waals surface area contributed by atoms with Crippen LogP contribution in [-0.4, -0.2) is 18.6 Å². The first kappa shape index (κ1) is 12.6. The summed E-state index contributed by atoms with van der Waals surface area (Å²) in [5.74, 6) is 0.127. The summed E-state index contributed by atoms with van der Waals surface area (Å²) in [6, 6.07) is 1.84. The molecule has 2 N–H and O–H groups in total. The summed E-state index contributed by atoms with van der Waals surface area (Å²) in [5.41, 5.74) is 4.59. The van der Waals surface area contributed by atoms with E-state index in [9.17, 15) is 13.2 Å². The third-order valence-electron chi connectivity index (χ3n) is 2.11. The summed E-state index contributed by atoms with van der Waals surface area (Å²) >= 11 is 0. The van der Waals surface area contributed by atoms with E-state index >= 15 is 0 Å². The number of anilines is 2. The van der Waals surface area contributed by atoms with E-state index < -0.39 is 11.7 Å². The average molecular weight is 233 g/mol. The number of hydrogen-bond donors (Lipinski definition) is 1. The van der Waals surface area contributed by atoms with Crippen LogP contribution in [-0.2, 0) is 6.18 Å². The van der Waals surface area contributed by atoms with Crippen LogP contribution in [0.5, 0.6) is 0 Å². The van der Waals surface area contributed by atoms with Crippen molar-refractivity contribution in [1.29, 1.82) is 0 Å².